The van der Waals surface area contributed by atoms with Crippen LogP contribution in [0.4, 0.5) is 0 Å². The molecule has 0 N–H and O–H groups in total. The van der Waals surface area contributed by atoms with E-state index >= 15 is 0 Å². The number of hydrogen-bond acceptors (Lipinski definition) is 3. The molecule has 3 nitrogen and oxygen atoms in total. The molecule has 10 aromatic rings. The van der Waals surface area contributed by atoms with Crippen LogP contribution in [0, 0.1) is 0 Å². The highest BCUT2D eigenvalue weighted by Gasteiger charge is 2.31. The van der Waals surface area contributed by atoms with Crippen molar-refractivity contribution in [1.29, 1.82) is 0 Å². The molecular weight excluding hydrogens is 679 g/mol. The highest BCUT2D eigenvalue weighted by atomic mass is 14.8. The molecule has 3 heterocycles. The van der Waals surface area contributed by atoms with E-state index in [4.69, 9.17) is 9.97 Å². The second-order valence-electron chi connectivity index (χ2n) is 14.3. The van der Waals surface area contributed by atoms with Crippen LogP contribution < -0.4 is 0 Å². The average molecular weight is 712 g/mol. The summed E-state index contributed by atoms with van der Waals surface area (Å²) in [4.78, 5) is 14.1. The van der Waals surface area contributed by atoms with Crippen molar-refractivity contribution in [1.82, 2.24) is 15.0 Å². The van der Waals surface area contributed by atoms with Gasteiger partial charge in [0.15, 0.2) is 0 Å². The minimum Gasteiger partial charge on any atom is -0.255 e. The Morgan fingerprint density at radius 2 is 0.804 bits per heavy atom. The third-order valence-electron chi connectivity index (χ3n) is 11.1. The van der Waals surface area contributed by atoms with Crippen molar-refractivity contribution in [3.8, 4) is 89.5 Å². The molecule has 0 saturated heterocycles. The average Bonchev–Trinajstić information content (AvgIpc) is 3.61. The van der Waals surface area contributed by atoms with Crippen LogP contribution in [0.15, 0.2) is 200 Å². The predicted molar refractivity (Wildman–Crippen MR) is 232 cm³/mol. The van der Waals surface area contributed by atoms with E-state index in [1.54, 1.807) is 6.20 Å². The lowest BCUT2D eigenvalue weighted by Crippen LogP contribution is -1.93. The van der Waals surface area contributed by atoms with Crippen LogP contribution in [0.2, 0.25) is 0 Å². The number of rotatable bonds is 6. The molecule has 0 radical (unpaired) electrons. The molecule has 3 heteroatoms. The normalized spacial score (nSPS) is 11.6. The van der Waals surface area contributed by atoms with Gasteiger partial charge < -0.3 is 0 Å². The Labute approximate surface area is 325 Å². The quantitative estimate of drug-likeness (QED) is 0.172. The number of aromatic nitrogens is 3. The summed E-state index contributed by atoms with van der Waals surface area (Å²) in [6.07, 6.45) is 3.66. The molecule has 260 valence electrons. The highest BCUT2D eigenvalue weighted by Crippen LogP contribution is 2.58. The zero-order valence-electron chi connectivity index (χ0n) is 30.4. The molecule has 1 aliphatic carbocycles. The Balaban J connectivity index is 1.04. The zero-order valence-corrected chi connectivity index (χ0v) is 30.4. The van der Waals surface area contributed by atoms with Gasteiger partial charge in [-0.3, -0.25) is 9.97 Å². The van der Waals surface area contributed by atoms with Crippen molar-refractivity contribution < 1.29 is 0 Å². The second kappa shape index (κ2) is 13.1. The number of benzene rings is 7. The summed E-state index contributed by atoms with van der Waals surface area (Å²) in [5.41, 5.74) is 18.2. The largest absolute Gasteiger partial charge is 0.255 e. The van der Waals surface area contributed by atoms with E-state index in [9.17, 15) is 0 Å². The van der Waals surface area contributed by atoms with Crippen molar-refractivity contribution in [2.45, 2.75) is 0 Å². The lowest BCUT2D eigenvalue weighted by molar-refractivity contribution is 1.22. The van der Waals surface area contributed by atoms with Gasteiger partial charge in [0.05, 0.1) is 22.8 Å². The molecule has 3 aromatic heterocycles. The van der Waals surface area contributed by atoms with Crippen LogP contribution in [0.25, 0.3) is 111 Å². The summed E-state index contributed by atoms with van der Waals surface area (Å²) in [7, 11) is 0. The predicted octanol–water partition coefficient (Wildman–Crippen LogP) is 13.8. The summed E-state index contributed by atoms with van der Waals surface area (Å²) in [6.45, 7) is 0. The van der Waals surface area contributed by atoms with Crippen LogP contribution in [-0.2, 0) is 0 Å². The second-order valence-corrected chi connectivity index (χ2v) is 14.3. The first kappa shape index (κ1) is 32.0. The van der Waals surface area contributed by atoms with Gasteiger partial charge in [0.2, 0.25) is 0 Å². The lowest BCUT2D eigenvalue weighted by atomic mass is 9.82. The fourth-order valence-electron chi connectivity index (χ4n) is 8.69. The van der Waals surface area contributed by atoms with Gasteiger partial charge in [0, 0.05) is 12.4 Å². The summed E-state index contributed by atoms with van der Waals surface area (Å²) in [6, 6.07) is 67.3. The van der Waals surface area contributed by atoms with Crippen LogP contribution >= 0.6 is 0 Å². The Kier molecular flexibility index (Phi) is 7.49. The first-order chi connectivity index (χ1) is 27.8. The fraction of sp³-hybridized carbons (Fsp3) is 0. The van der Waals surface area contributed by atoms with E-state index in [1.807, 2.05) is 42.6 Å². The van der Waals surface area contributed by atoms with Crippen molar-refractivity contribution in [2.24, 2.45) is 0 Å². The van der Waals surface area contributed by atoms with Gasteiger partial charge in [-0.1, -0.05) is 152 Å². The van der Waals surface area contributed by atoms with Gasteiger partial charge in [0.1, 0.15) is 0 Å². The molecule has 0 atom stereocenters. The summed E-state index contributed by atoms with van der Waals surface area (Å²) in [5.74, 6) is 0. The lowest BCUT2D eigenvalue weighted by Gasteiger charge is -2.20. The summed E-state index contributed by atoms with van der Waals surface area (Å²) in [5, 5.41) is 5.12. The molecule has 7 aromatic carbocycles. The molecule has 0 bridgehead atoms. The molecule has 0 unspecified atom stereocenters. The van der Waals surface area contributed by atoms with Crippen LogP contribution in [0.1, 0.15) is 0 Å². The standard InChI is InChI=1S/C53H33N3/c1-3-13-36(14-4-1)49-41-17-7-8-18-42(41)50(37-15-5-2-6-16-37)53-44-29-28-39(40-19-11-20-43(51(40)44)52(49)53)35-26-24-34(25-27-35)38-30-32-55-48(33-38)47-23-12-22-46(56-47)45-21-9-10-31-54-45/h1-33H. The van der Waals surface area contributed by atoms with Gasteiger partial charge in [-0.05, 0) is 125 Å². The molecule has 56 heavy (non-hydrogen) atoms. The number of hydrogen-bond donors (Lipinski definition) is 0. The maximum atomic E-state index is 4.90. The smallest absolute Gasteiger partial charge is 0.0894 e. The highest BCUT2D eigenvalue weighted by molar-refractivity contribution is 6.28. The third kappa shape index (κ3) is 5.17. The van der Waals surface area contributed by atoms with Crippen LogP contribution in [-0.4, -0.2) is 15.0 Å². The first-order valence-electron chi connectivity index (χ1n) is 19.0. The maximum Gasteiger partial charge on any atom is 0.0894 e. The number of nitrogens with zero attached hydrogens (tertiary/aromatic N) is 3. The maximum absolute atomic E-state index is 4.90. The topological polar surface area (TPSA) is 38.7 Å². The Morgan fingerprint density at radius 1 is 0.268 bits per heavy atom. The number of pyridine rings is 3. The zero-order chi connectivity index (χ0) is 37.0. The third-order valence-corrected chi connectivity index (χ3v) is 11.1. The molecule has 0 saturated carbocycles. The molecule has 0 amide bonds. The monoisotopic (exact) mass is 711 g/mol. The van der Waals surface area contributed by atoms with Gasteiger partial charge >= 0.3 is 0 Å². The fourth-order valence-corrected chi connectivity index (χ4v) is 8.69. The van der Waals surface area contributed by atoms with Crippen molar-refractivity contribution in [2.75, 3.05) is 0 Å². The van der Waals surface area contributed by atoms with Gasteiger partial charge in [-0.15, -0.1) is 0 Å². The van der Waals surface area contributed by atoms with E-state index in [0.29, 0.717) is 0 Å². The minimum atomic E-state index is 0.819. The Bertz CT molecular complexity index is 3010. The summed E-state index contributed by atoms with van der Waals surface area (Å²) < 4.78 is 0. The van der Waals surface area contributed by atoms with Crippen LogP contribution in [0.3, 0.4) is 0 Å². The SMILES string of the molecule is c1ccc(-c2c3c(c(-c4ccccc4)c4ccccc24)-c2ccc(-c4ccc(-c5ccnc(-c6cccc(-c7ccccn7)n6)c5)cc4)c4cccc-3c24)cc1. The van der Waals surface area contributed by atoms with E-state index in [2.05, 4.69) is 157 Å². The van der Waals surface area contributed by atoms with Gasteiger partial charge in [-0.2, -0.15) is 0 Å². The number of fused-ring (bicyclic) bond motifs is 4. The molecule has 0 spiro atoms. The van der Waals surface area contributed by atoms with Gasteiger partial charge in [0.25, 0.3) is 0 Å². The molecule has 0 aliphatic heterocycles. The Hall–Kier alpha value is -7.49. The van der Waals surface area contributed by atoms with E-state index < -0.39 is 0 Å². The van der Waals surface area contributed by atoms with Crippen LogP contribution in [0.5, 0.6) is 0 Å². The van der Waals surface area contributed by atoms with E-state index in [-0.39, 0.29) is 0 Å². The molecule has 11 rings (SSSR count). The molecule has 1 aliphatic rings. The van der Waals surface area contributed by atoms with Crippen molar-refractivity contribution in [3.05, 3.63) is 200 Å². The van der Waals surface area contributed by atoms with E-state index in [1.165, 1.54) is 77.2 Å². The summed E-state index contributed by atoms with van der Waals surface area (Å²) >= 11 is 0. The molecular formula is C53H33N3. The van der Waals surface area contributed by atoms with Crippen molar-refractivity contribution >= 4 is 21.5 Å². The minimum absolute atomic E-state index is 0.819. The van der Waals surface area contributed by atoms with Gasteiger partial charge in [-0.25, -0.2) is 4.98 Å². The van der Waals surface area contributed by atoms with E-state index in [0.717, 1.165) is 33.9 Å². The molecule has 0 fully saturated rings. The Morgan fingerprint density at radius 3 is 1.48 bits per heavy atom. The first-order valence-corrected chi connectivity index (χ1v) is 19.0. The van der Waals surface area contributed by atoms with Crippen molar-refractivity contribution in [3.63, 3.8) is 0 Å².